The van der Waals surface area contributed by atoms with Crippen molar-refractivity contribution in [2.24, 2.45) is 0 Å². The van der Waals surface area contributed by atoms with Crippen LogP contribution in [0.4, 0.5) is 0 Å². The molecule has 0 saturated carbocycles. The standard InChI is InChI=1S/C16H18ClNO/c1-3-18-16(12-7-9-14(17)10-8-12)13-5-4-6-15(11-13)19-2/h4-11,16,18H,3H2,1-2H3. The minimum absolute atomic E-state index is 0.150. The second-order valence-corrected chi connectivity index (χ2v) is 4.76. The Bertz CT molecular complexity index is 525. The minimum atomic E-state index is 0.150. The van der Waals surface area contributed by atoms with E-state index in [9.17, 15) is 0 Å². The van der Waals surface area contributed by atoms with Crippen LogP contribution in [-0.4, -0.2) is 13.7 Å². The van der Waals surface area contributed by atoms with Crippen molar-refractivity contribution in [1.82, 2.24) is 5.32 Å². The molecular formula is C16H18ClNO. The molecule has 1 atom stereocenters. The van der Waals surface area contributed by atoms with Crippen molar-refractivity contribution >= 4 is 11.6 Å². The van der Waals surface area contributed by atoms with Crippen LogP contribution in [0.5, 0.6) is 5.75 Å². The van der Waals surface area contributed by atoms with Gasteiger partial charge >= 0.3 is 0 Å². The molecule has 19 heavy (non-hydrogen) atoms. The average Bonchev–Trinajstić information content (AvgIpc) is 2.46. The molecule has 0 radical (unpaired) electrons. The second kappa shape index (κ2) is 6.60. The van der Waals surface area contributed by atoms with Gasteiger partial charge < -0.3 is 10.1 Å². The first-order chi connectivity index (χ1) is 9.24. The van der Waals surface area contributed by atoms with E-state index in [2.05, 4.69) is 36.5 Å². The smallest absolute Gasteiger partial charge is 0.119 e. The lowest BCUT2D eigenvalue weighted by Crippen LogP contribution is -2.21. The molecule has 0 bridgehead atoms. The number of nitrogens with one attached hydrogen (secondary N) is 1. The first-order valence-corrected chi connectivity index (χ1v) is 6.75. The number of halogens is 1. The van der Waals surface area contributed by atoms with Gasteiger partial charge in [-0.3, -0.25) is 0 Å². The van der Waals surface area contributed by atoms with E-state index >= 15 is 0 Å². The van der Waals surface area contributed by atoms with Crippen molar-refractivity contribution in [2.45, 2.75) is 13.0 Å². The van der Waals surface area contributed by atoms with Crippen LogP contribution in [0.1, 0.15) is 24.1 Å². The Morgan fingerprint density at radius 1 is 1.11 bits per heavy atom. The molecule has 0 aliphatic carbocycles. The molecule has 0 saturated heterocycles. The van der Waals surface area contributed by atoms with Gasteiger partial charge in [-0.25, -0.2) is 0 Å². The topological polar surface area (TPSA) is 21.3 Å². The Labute approximate surface area is 119 Å². The SMILES string of the molecule is CCNC(c1ccc(Cl)cc1)c1cccc(OC)c1. The van der Waals surface area contributed by atoms with Crippen LogP contribution < -0.4 is 10.1 Å². The predicted molar refractivity (Wildman–Crippen MR) is 80.0 cm³/mol. The van der Waals surface area contributed by atoms with E-state index in [-0.39, 0.29) is 6.04 Å². The van der Waals surface area contributed by atoms with Gasteiger partial charge in [0.1, 0.15) is 5.75 Å². The molecule has 0 heterocycles. The highest BCUT2D eigenvalue weighted by molar-refractivity contribution is 6.30. The molecule has 0 amide bonds. The molecule has 1 N–H and O–H groups in total. The molecular weight excluding hydrogens is 258 g/mol. The summed E-state index contributed by atoms with van der Waals surface area (Å²) in [5, 5.41) is 4.24. The Balaban J connectivity index is 2.35. The van der Waals surface area contributed by atoms with Crippen molar-refractivity contribution in [2.75, 3.05) is 13.7 Å². The quantitative estimate of drug-likeness (QED) is 0.889. The Hall–Kier alpha value is -1.51. The van der Waals surface area contributed by atoms with E-state index in [4.69, 9.17) is 16.3 Å². The third-order valence-corrected chi connectivity index (χ3v) is 3.29. The second-order valence-electron chi connectivity index (χ2n) is 4.32. The third kappa shape index (κ3) is 3.49. The molecule has 2 rings (SSSR count). The molecule has 1 unspecified atom stereocenters. The Morgan fingerprint density at radius 2 is 1.84 bits per heavy atom. The number of benzene rings is 2. The molecule has 0 aliphatic heterocycles. The Morgan fingerprint density at radius 3 is 2.47 bits per heavy atom. The summed E-state index contributed by atoms with van der Waals surface area (Å²) in [4.78, 5) is 0. The van der Waals surface area contributed by atoms with Crippen LogP contribution in [0.2, 0.25) is 5.02 Å². The maximum Gasteiger partial charge on any atom is 0.119 e. The van der Waals surface area contributed by atoms with Gasteiger partial charge in [0.25, 0.3) is 0 Å². The first kappa shape index (κ1) is 13.9. The van der Waals surface area contributed by atoms with Crippen LogP contribution in [0, 0.1) is 0 Å². The van der Waals surface area contributed by atoms with Gasteiger partial charge in [-0.05, 0) is 41.9 Å². The monoisotopic (exact) mass is 275 g/mol. The highest BCUT2D eigenvalue weighted by Crippen LogP contribution is 2.26. The van der Waals surface area contributed by atoms with Gasteiger partial charge in [0.15, 0.2) is 0 Å². The third-order valence-electron chi connectivity index (χ3n) is 3.04. The minimum Gasteiger partial charge on any atom is -0.497 e. The Kier molecular flexibility index (Phi) is 4.83. The predicted octanol–water partition coefficient (Wildman–Crippen LogP) is 4.05. The van der Waals surface area contributed by atoms with Crippen molar-refractivity contribution in [3.05, 3.63) is 64.7 Å². The molecule has 3 heteroatoms. The van der Waals surface area contributed by atoms with E-state index in [1.807, 2.05) is 24.3 Å². The van der Waals surface area contributed by atoms with Crippen molar-refractivity contribution in [3.8, 4) is 5.75 Å². The van der Waals surface area contributed by atoms with Gasteiger partial charge in [-0.15, -0.1) is 0 Å². The summed E-state index contributed by atoms with van der Waals surface area (Å²) in [6, 6.07) is 16.2. The van der Waals surface area contributed by atoms with Crippen molar-refractivity contribution < 1.29 is 4.74 Å². The van der Waals surface area contributed by atoms with Gasteiger partial charge in [-0.2, -0.15) is 0 Å². The van der Waals surface area contributed by atoms with Crippen LogP contribution >= 0.6 is 11.6 Å². The summed E-state index contributed by atoms with van der Waals surface area (Å²) in [6.45, 7) is 2.99. The summed E-state index contributed by atoms with van der Waals surface area (Å²) in [5.74, 6) is 0.870. The normalized spacial score (nSPS) is 12.2. The van der Waals surface area contributed by atoms with E-state index in [1.54, 1.807) is 7.11 Å². The van der Waals surface area contributed by atoms with Gasteiger partial charge in [0.2, 0.25) is 0 Å². The fourth-order valence-electron chi connectivity index (χ4n) is 2.11. The van der Waals surface area contributed by atoms with Crippen LogP contribution in [0.3, 0.4) is 0 Å². The average molecular weight is 276 g/mol. The molecule has 2 aromatic rings. The largest absolute Gasteiger partial charge is 0.497 e. The summed E-state index contributed by atoms with van der Waals surface area (Å²) in [6.07, 6.45) is 0. The van der Waals surface area contributed by atoms with Crippen molar-refractivity contribution in [1.29, 1.82) is 0 Å². The molecule has 2 aromatic carbocycles. The number of hydrogen-bond acceptors (Lipinski definition) is 2. The highest BCUT2D eigenvalue weighted by atomic mass is 35.5. The maximum atomic E-state index is 5.95. The first-order valence-electron chi connectivity index (χ1n) is 6.37. The number of methoxy groups -OCH3 is 1. The number of hydrogen-bond donors (Lipinski definition) is 1. The zero-order valence-electron chi connectivity index (χ0n) is 11.2. The summed E-state index contributed by atoms with van der Waals surface area (Å²) in [7, 11) is 1.68. The molecule has 0 aromatic heterocycles. The van der Waals surface area contributed by atoms with E-state index in [1.165, 1.54) is 11.1 Å². The fraction of sp³-hybridized carbons (Fsp3) is 0.250. The highest BCUT2D eigenvalue weighted by Gasteiger charge is 2.13. The van der Waals surface area contributed by atoms with Crippen LogP contribution in [0.25, 0.3) is 0 Å². The molecule has 0 spiro atoms. The lowest BCUT2D eigenvalue weighted by molar-refractivity contribution is 0.413. The zero-order chi connectivity index (χ0) is 13.7. The van der Waals surface area contributed by atoms with E-state index < -0.39 is 0 Å². The molecule has 2 nitrogen and oxygen atoms in total. The molecule has 100 valence electrons. The lowest BCUT2D eigenvalue weighted by atomic mass is 9.98. The van der Waals surface area contributed by atoms with Crippen molar-refractivity contribution in [3.63, 3.8) is 0 Å². The molecule has 0 fully saturated rings. The summed E-state index contributed by atoms with van der Waals surface area (Å²) >= 11 is 5.95. The van der Waals surface area contributed by atoms with Crippen LogP contribution in [-0.2, 0) is 0 Å². The maximum absolute atomic E-state index is 5.95. The van der Waals surface area contributed by atoms with Crippen LogP contribution in [0.15, 0.2) is 48.5 Å². The number of ether oxygens (including phenoxy) is 1. The van der Waals surface area contributed by atoms with Gasteiger partial charge in [0.05, 0.1) is 13.2 Å². The summed E-state index contributed by atoms with van der Waals surface area (Å²) < 4.78 is 5.29. The van der Waals surface area contributed by atoms with Gasteiger partial charge in [-0.1, -0.05) is 42.8 Å². The molecule has 0 aliphatic rings. The fourth-order valence-corrected chi connectivity index (χ4v) is 2.23. The summed E-state index contributed by atoms with van der Waals surface area (Å²) in [5.41, 5.74) is 2.38. The zero-order valence-corrected chi connectivity index (χ0v) is 11.9. The van der Waals surface area contributed by atoms with E-state index in [0.29, 0.717) is 0 Å². The van der Waals surface area contributed by atoms with Gasteiger partial charge in [0, 0.05) is 5.02 Å². The number of rotatable bonds is 5. The lowest BCUT2D eigenvalue weighted by Gasteiger charge is -2.19. The van der Waals surface area contributed by atoms with E-state index in [0.717, 1.165) is 17.3 Å².